The number of fused-ring (bicyclic) bond motifs is 1. The number of nitrogens with zero attached hydrogens (tertiary/aromatic N) is 4. The minimum Gasteiger partial charge on any atom is -0.497 e. The van der Waals surface area contributed by atoms with Crippen LogP contribution in [0, 0.1) is 5.92 Å². The third kappa shape index (κ3) is 6.20. The maximum Gasteiger partial charge on any atom is 0.247 e. The zero-order valence-electron chi connectivity index (χ0n) is 21.2. The van der Waals surface area contributed by atoms with Gasteiger partial charge in [-0.1, -0.05) is 43.3 Å². The first-order valence-electron chi connectivity index (χ1n) is 12.6. The van der Waals surface area contributed by atoms with Gasteiger partial charge in [0.15, 0.2) is 0 Å². The van der Waals surface area contributed by atoms with Crippen molar-refractivity contribution in [1.82, 2.24) is 25.2 Å². The molecule has 2 aromatic carbocycles. The second-order valence-corrected chi connectivity index (χ2v) is 9.57. The van der Waals surface area contributed by atoms with Crippen LogP contribution in [-0.4, -0.2) is 64.6 Å². The number of para-hydroxylation sites is 1. The van der Waals surface area contributed by atoms with Gasteiger partial charge in [0.05, 0.1) is 18.7 Å². The summed E-state index contributed by atoms with van der Waals surface area (Å²) in [7, 11) is 1.59. The van der Waals surface area contributed by atoms with Gasteiger partial charge in [-0.2, -0.15) is 0 Å². The van der Waals surface area contributed by atoms with Crippen LogP contribution in [0.25, 0.3) is 11.0 Å². The maximum absolute atomic E-state index is 13.9. The van der Waals surface area contributed by atoms with Crippen molar-refractivity contribution in [3.8, 4) is 5.75 Å². The molecule has 36 heavy (non-hydrogen) atoms. The second-order valence-electron chi connectivity index (χ2n) is 9.57. The number of aromatic nitrogens is 3. The number of hydrogen-bond acceptors (Lipinski definition) is 6. The van der Waals surface area contributed by atoms with Crippen LogP contribution in [0.1, 0.15) is 44.7 Å². The van der Waals surface area contributed by atoms with Crippen molar-refractivity contribution < 1.29 is 19.1 Å². The van der Waals surface area contributed by atoms with E-state index in [1.807, 2.05) is 48.5 Å². The van der Waals surface area contributed by atoms with Crippen LogP contribution in [0.15, 0.2) is 48.5 Å². The SMILES string of the molecule is COc1cccc(C(C(=O)NCCC(C)C)N(CC2CCCO2)C(=O)Cn2nnc3ccccc32)c1. The summed E-state index contributed by atoms with van der Waals surface area (Å²) in [6.07, 6.45) is 2.50. The molecule has 2 unspecified atom stereocenters. The average molecular weight is 494 g/mol. The lowest BCUT2D eigenvalue weighted by molar-refractivity contribution is -0.143. The predicted octanol–water partition coefficient (Wildman–Crippen LogP) is 3.35. The van der Waals surface area contributed by atoms with Crippen molar-refractivity contribution in [2.45, 2.75) is 51.8 Å². The lowest BCUT2D eigenvalue weighted by atomic mass is 10.0. The van der Waals surface area contributed by atoms with Gasteiger partial charge in [-0.15, -0.1) is 5.10 Å². The molecule has 2 atom stereocenters. The molecule has 0 radical (unpaired) electrons. The van der Waals surface area contributed by atoms with Gasteiger partial charge in [-0.05, 0) is 55.0 Å². The summed E-state index contributed by atoms with van der Waals surface area (Å²) in [4.78, 5) is 29.1. The van der Waals surface area contributed by atoms with E-state index < -0.39 is 6.04 Å². The molecule has 1 aliphatic heterocycles. The molecular formula is C27H35N5O4. The van der Waals surface area contributed by atoms with Gasteiger partial charge in [0.1, 0.15) is 23.9 Å². The molecule has 2 heterocycles. The number of rotatable bonds is 11. The minimum atomic E-state index is -0.834. The van der Waals surface area contributed by atoms with Crippen LogP contribution < -0.4 is 10.1 Å². The number of carbonyl (C=O) groups excluding carboxylic acids is 2. The topological polar surface area (TPSA) is 98.6 Å². The molecule has 0 bridgehead atoms. The van der Waals surface area contributed by atoms with Gasteiger partial charge >= 0.3 is 0 Å². The van der Waals surface area contributed by atoms with Crippen molar-refractivity contribution in [3.63, 3.8) is 0 Å². The molecule has 1 N–H and O–H groups in total. The molecule has 192 valence electrons. The van der Waals surface area contributed by atoms with E-state index in [-0.39, 0.29) is 24.5 Å². The Hall–Kier alpha value is -3.46. The van der Waals surface area contributed by atoms with E-state index in [0.29, 0.717) is 42.4 Å². The van der Waals surface area contributed by atoms with Gasteiger partial charge in [-0.25, -0.2) is 4.68 Å². The van der Waals surface area contributed by atoms with Crippen molar-refractivity contribution >= 4 is 22.8 Å². The summed E-state index contributed by atoms with van der Waals surface area (Å²) in [6, 6.07) is 14.0. The third-order valence-corrected chi connectivity index (χ3v) is 6.44. The Balaban J connectivity index is 1.67. The van der Waals surface area contributed by atoms with Crippen molar-refractivity contribution in [1.29, 1.82) is 0 Å². The second kappa shape index (κ2) is 12.0. The maximum atomic E-state index is 13.9. The molecule has 0 saturated carbocycles. The smallest absolute Gasteiger partial charge is 0.247 e. The quantitative estimate of drug-likeness (QED) is 0.440. The minimum absolute atomic E-state index is 0.0347. The highest BCUT2D eigenvalue weighted by Gasteiger charge is 2.34. The van der Waals surface area contributed by atoms with E-state index >= 15 is 0 Å². The number of nitrogens with one attached hydrogen (secondary N) is 1. The predicted molar refractivity (Wildman–Crippen MR) is 136 cm³/mol. The normalized spacial score (nSPS) is 16.3. The monoisotopic (exact) mass is 493 g/mol. The van der Waals surface area contributed by atoms with Gasteiger partial charge < -0.3 is 19.7 Å². The van der Waals surface area contributed by atoms with E-state index in [9.17, 15) is 9.59 Å². The zero-order chi connectivity index (χ0) is 25.5. The molecule has 9 nitrogen and oxygen atoms in total. The van der Waals surface area contributed by atoms with Crippen molar-refractivity contribution in [2.75, 3.05) is 26.8 Å². The van der Waals surface area contributed by atoms with Crippen LogP contribution in [0.5, 0.6) is 5.75 Å². The molecule has 0 aliphatic carbocycles. The Labute approximate surface area is 211 Å². The molecule has 1 aliphatic rings. The summed E-state index contributed by atoms with van der Waals surface area (Å²) in [5.74, 6) is 0.622. The van der Waals surface area contributed by atoms with E-state index in [0.717, 1.165) is 24.8 Å². The fraction of sp³-hybridized carbons (Fsp3) is 0.481. The molecule has 9 heteroatoms. The van der Waals surface area contributed by atoms with Crippen molar-refractivity contribution in [3.05, 3.63) is 54.1 Å². The highest BCUT2D eigenvalue weighted by atomic mass is 16.5. The Kier molecular flexibility index (Phi) is 8.53. The fourth-order valence-electron chi connectivity index (χ4n) is 4.48. The molecule has 2 amide bonds. The Morgan fingerprint density at radius 2 is 2.06 bits per heavy atom. The largest absolute Gasteiger partial charge is 0.497 e. The summed E-state index contributed by atoms with van der Waals surface area (Å²) >= 11 is 0. The highest BCUT2D eigenvalue weighted by molar-refractivity contribution is 5.89. The van der Waals surface area contributed by atoms with Crippen molar-refractivity contribution in [2.24, 2.45) is 5.92 Å². The van der Waals surface area contributed by atoms with Crippen LogP contribution >= 0.6 is 0 Å². The van der Waals surface area contributed by atoms with Gasteiger partial charge in [-0.3, -0.25) is 9.59 Å². The third-order valence-electron chi connectivity index (χ3n) is 6.44. The van der Waals surface area contributed by atoms with Crippen LogP contribution in [0.4, 0.5) is 0 Å². The van der Waals surface area contributed by atoms with Gasteiger partial charge in [0, 0.05) is 19.7 Å². The number of ether oxygens (including phenoxy) is 2. The molecule has 1 fully saturated rings. The Morgan fingerprint density at radius 1 is 1.22 bits per heavy atom. The van der Waals surface area contributed by atoms with E-state index in [2.05, 4.69) is 29.5 Å². The average Bonchev–Trinajstić information content (AvgIpc) is 3.54. The molecule has 1 aromatic heterocycles. The molecule has 0 spiro atoms. The first kappa shape index (κ1) is 25.6. The van der Waals surface area contributed by atoms with Gasteiger partial charge in [0.2, 0.25) is 11.8 Å². The zero-order valence-corrected chi connectivity index (χ0v) is 21.2. The molecule has 4 rings (SSSR count). The first-order chi connectivity index (χ1) is 17.5. The molecule has 1 saturated heterocycles. The molecule has 3 aromatic rings. The summed E-state index contributed by atoms with van der Waals surface area (Å²) in [5, 5.41) is 11.4. The lowest BCUT2D eigenvalue weighted by Gasteiger charge is -2.33. The number of hydrogen-bond donors (Lipinski definition) is 1. The van der Waals surface area contributed by atoms with E-state index in [1.54, 1.807) is 16.7 Å². The Morgan fingerprint density at radius 3 is 2.81 bits per heavy atom. The summed E-state index contributed by atoms with van der Waals surface area (Å²) < 4.78 is 12.9. The number of methoxy groups -OCH3 is 1. The van der Waals surface area contributed by atoms with Crippen LogP contribution in [0.2, 0.25) is 0 Å². The van der Waals surface area contributed by atoms with Crippen LogP contribution in [-0.2, 0) is 20.9 Å². The van der Waals surface area contributed by atoms with E-state index in [1.165, 1.54) is 0 Å². The summed E-state index contributed by atoms with van der Waals surface area (Å²) in [6.45, 7) is 5.69. The lowest BCUT2D eigenvalue weighted by Crippen LogP contribution is -2.48. The fourth-order valence-corrected chi connectivity index (χ4v) is 4.48. The van der Waals surface area contributed by atoms with Crippen LogP contribution in [0.3, 0.4) is 0 Å². The number of benzene rings is 2. The first-order valence-corrected chi connectivity index (χ1v) is 12.6. The highest BCUT2D eigenvalue weighted by Crippen LogP contribution is 2.28. The number of amides is 2. The van der Waals surface area contributed by atoms with Gasteiger partial charge in [0.25, 0.3) is 0 Å². The standard InChI is InChI=1S/C27H35N5O4/c1-19(2)13-14-28-27(34)26(20-8-6-9-21(16-20)35-3)31(17-22-10-7-15-36-22)25(33)18-32-24-12-5-4-11-23(24)29-30-32/h4-6,8-9,11-12,16,19,22,26H,7,10,13-15,17-18H2,1-3H3,(H,28,34). The Bertz CT molecular complexity index is 1170. The summed E-state index contributed by atoms with van der Waals surface area (Å²) in [5.41, 5.74) is 2.17. The number of carbonyl (C=O) groups is 2. The molecular weight excluding hydrogens is 458 g/mol. The van der Waals surface area contributed by atoms with E-state index in [4.69, 9.17) is 9.47 Å².